The van der Waals surface area contributed by atoms with Crippen LogP contribution >= 0.6 is 15.9 Å². The molecule has 0 bridgehead atoms. The molecule has 1 aromatic rings. The zero-order valence-electron chi connectivity index (χ0n) is 11.2. The lowest BCUT2D eigenvalue weighted by atomic mass is 10.2. The highest BCUT2D eigenvalue weighted by Crippen LogP contribution is 2.25. The highest BCUT2D eigenvalue weighted by Gasteiger charge is 2.28. The van der Waals surface area contributed by atoms with E-state index in [9.17, 15) is 0 Å². The van der Waals surface area contributed by atoms with E-state index >= 15 is 0 Å². The maximum atomic E-state index is 5.63. The highest BCUT2D eigenvalue weighted by molar-refractivity contribution is 9.10. The van der Waals surface area contributed by atoms with Gasteiger partial charge in [-0.15, -0.1) is 0 Å². The van der Waals surface area contributed by atoms with E-state index < -0.39 is 0 Å². The SMILES string of the molecule is Cc1cc(Br)cnc1N1CCOCC1CNC1CC1. The first-order chi connectivity index (χ1) is 9.24. The number of anilines is 1. The molecule has 1 N–H and O–H groups in total. The fourth-order valence-electron chi connectivity index (χ4n) is 2.53. The molecule has 19 heavy (non-hydrogen) atoms. The number of halogens is 1. The number of nitrogens with zero attached hydrogens (tertiary/aromatic N) is 2. The van der Waals surface area contributed by atoms with Crippen LogP contribution in [-0.2, 0) is 4.74 Å². The van der Waals surface area contributed by atoms with Gasteiger partial charge in [-0.1, -0.05) is 0 Å². The average Bonchev–Trinajstić information content (AvgIpc) is 3.21. The monoisotopic (exact) mass is 325 g/mol. The number of ether oxygens (including phenoxy) is 1. The molecule has 1 unspecified atom stereocenters. The van der Waals surface area contributed by atoms with Gasteiger partial charge in [-0.3, -0.25) is 0 Å². The fraction of sp³-hybridized carbons (Fsp3) is 0.643. The van der Waals surface area contributed by atoms with Gasteiger partial charge in [0.15, 0.2) is 0 Å². The van der Waals surface area contributed by atoms with Gasteiger partial charge in [-0.2, -0.15) is 0 Å². The van der Waals surface area contributed by atoms with Crippen molar-refractivity contribution in [1.29, 1.82) is 0 Å². The maximum Gasteiger partial charge on any atom is 0.131 e. The molecule has 0 spiro atoms. The Labute approximate surface area is 122 Å². The molecule has 0 amide bonds. The number of morpholine rings is 1. The summed E-state index contributed by atoms with van der Waals surface area (Å²) in [5.74, 6) is 1.09. The van der Waals surface area contributed by atoms with Crippen molar-refractivity contribution in [2.24, 2.45) is 0 Å². The van der Waals surface area contributed by atoms with Gasteiger partial charge >= 0.3 is 0 Å². The van der Waals surface area contributed by atoms with Gasteiger partial charge < -0.3 is 15.0 Å². The maximum absolute atomic E-state index is 5.63. The molecule has 1 aliphatic carbocycles. The minimum Gasteiger partial charge on any atom is -0.377 e. The van der Waals surface area contributed by atoms with Crippen LogP contribution in [0.15, 0.2) is 16.7 Å². The average molecular weight is 326 g/mol. The van der Waals surface area contributed by atoms with Crippen molar-refractivity contribution in [3.05, 3.63) is 22.3 Å². The second-order valence-electron chi connectivity index (χ2n) is 5.40. The summed E-state index contributed by atoms with van der Waals surface area (Å²) < 4.78 is 6.67. The lowest BCUT2D eigenvalue weighted by Crippen LogP contribution is -2.51. The molecule has 0 radical (unpaired) electrons. The Morgan fingerprint density at radius 1 is 1.53 bits per heavy atom. The van der Waals surface area contributed by atoms with Crippen LogP contribution in [0.1, 0.15) is 18.4 Å². The van der Waals surface area contributed by atoms with E-state index in [0.717, 1.165) is 42.6 Å². The number of hydrogen-bond acceptors (Lipinski definition) is 4. The second kappa shape index (κ2) is 5.77. The number of nitrogens with one attached hydrogen (secondary N) is 1. The van der Waals surface area contributed by atoms with Crippen molar-refractivity contribution < 1.29 is 4.74 Å². The number of aryl methyl sites for hydroxylation is 1. The van der Waals surface area contributed by atoms with Gasteiger partial charge in [0.25, 0.3) is 0 Å². The third kappa shape index (κ3) is 3.27. The van der Waals surface area contributed by atoms with Crippen LogP contribution in [0.4, 0.5) is 5.82 Å². The summed E-state index contributed by atoms with van der Waals surface area (Å²) in [7, 11) is 0. The zero-order chi connectivity index (χ0) is 13.2. The molecule has 2 heterocycles. The fourth-order valence-corrected chi connectivity index (χ4v) is 2.97. The van der Waals surface area contributed by atoms with Crippen molar-refractivity contribution in [3.63, 3.8) is 0 Å². The summed E-state index contributed by atoms with van der Waals surface area (Å²) in [5.41, 5.74) is 1.22. The molecule has 1 saturated carbocycles. The molecule has 4 nitrogen and oxygen atoms in total. The molecule has 1 saturated heterocycles. The van der Waals surface area contributed by atoms with Crippen molar-refractivity contribution >= 4 is 21.7 Å². The van der Waals surface area contributed by atoms with Crippen LogP contribution in [-0.4, -0.2) is 43.4 Å². The number of hydrogen-bond donors (Lipinski definition) is 1. The molecule has 0 aromatic carbocycles. The van der Waals surface area contributed by atoms with Crippen molar-refractivity contribution in [3.8, 4) is 0 Å². The molecule has 1 aliphatic heterocycles. The predicted molar refractivity (Wildman–Crippen MR) is 79.7 cm³/mol. The summed E-state index contributed by atoms with van der Waals surface area (Å²) in [6, 6.07) is 3.26. The van der Waals surface area contributed by atoms with Crippen LogP contribution in [0.5, 0.6) is 0 Å². The van der Waals surface area contributed by atoms with Gasteiger partial charge in [0.05, 0.1) is 19.3 Å². The normalized spacial score (nSPS) is 23.7. The smallest absolute Gasteiger partial charge is 0.131 e. The van der Waals surface area contributed by atoms with Crippen molar-refractivity contribution in [1.82, 2.24) is 10.3 Å². The van der Waals surface area contributed by atoms with Gasteiger partial charge in [-0.05, 0) is 47.3 Å². The van der Waals surface area contributed by atoms with Crippen molar-refractivity contribution in [2.45, 2.75) is 31.8 Å². The zero-order valence-corrected chi connectivity index (χ0v) is 12.8. The molecule has 5 heteroatoms. The Morgan fingerprint density at radius 3 is 3.11 bits per heavy atom. The minimum atomic E-state index is 0.390. The summed E-state index contributed by atoms with van der Waals surface area (Å²) >= 11 is 3.48. The van der Waals surface area contributed by atoms with Gasteiger partial charge in [0.2, 0.25) is 0 Å². The first kappa shape index (κ1) is 13.3. The second-order valence-corrected chi connectivity index (χ2v) is 6.31. The van der Waals surface area contributed by atoms with E-state index in [4.69, 9.17) is 4.74 Å². The molecular formula is C14H20BrN3O. The summed E-state index contributed by atoms with van der Waals surface area (Å²) in [6.07, 6.45) is 4.52. The third-order valence-electron chi connectivity index (χ3n) is 3.74. The van der Waals surface area contributed by atoms with Gasteiger partial charge in [0.1, 0.15) is 5.82 Å². The first-order valence-corrected chi connectivity index (χ1v) is 7.73. The lowest BCUT2D eigenvalue weighted by molar-refractivity contribution is 0.0932. The van der Waals surface area contributed by atoms with Crippen molar-refractivity contribution in [2.75, 3.05) is 31.2 Å². The van der Waals surface area contributed by atoms with Gasteiger partial charge in [0, 0.05) is 29.8 Å². The summed E-state index contributed by atoms with van der Waals surface area (Å²) in [4.78, 5) is 6.98. The topological polar surface area (TPSA) is 37.4 Å². The van der Waals surface area contributed by atoms with Gasteiger partial charge in [-0.25, -0.2) is 4.98 Å². The molecule has 2 aliphatic rings. The Morgan fingerprint density at radius 2 is 2.37 bits per heavy atom. The van der Waals surface area contributed by atoms with E-state index in [-0.39, 0.29) is 0 Å². The molecular weight excluding hydrogens is 306 g/mol. The Hall–Kier alpha value is -0.650. The molecule has 1 atom stereocenters. The first-order valence-electron chi connectivity index (χ1n) is 6.94. The number of pyridine rings is 1. The van der Waals surface area contributed by atoms with E-state index in [0.29, 0.717) is 6.04 Å². The van der Waals surface area contributed by atoms with Crippen LogP contribution in [0.25, 0.3) is 0 Å². The van der Waals surface area contributed by atoms with E-state index in [1.165, 1.54) is 18.4 Å². The predicted octanol–water partition coefficient (Wildman–Crippen LogP) is 2.11. The minimum absolute atomic E-state index is 0.390. The lowest BCUT2D eigenvalue weighted by Gasteiger charge is -2.37. The molecule has 2 fully saturated rings. The van der Waals surface area contributed by atoms with E-state index in [1.807, 2.05) is 6.20 Å². The quantitative estimate of drug-likeness (QED) is 0.920. The molecule has 3 rings (SSSR count). The van der Waals surface area contributed by atoms with Crippen LogP contribution < -0.4 is 10.2 Å². The highest BCUT2D eigenvalue weighted by atomic mass is 79.9. The largest absolute Gasteiger partial charge is 0.377 e. The Balaban J connectivity index is 1.74. The summed E-state index contributed by atoms with van der Waals surface area (Å²) in [5, 5.41) is 3.60. The van der Waals surface area contributed by atoms with E-state index in [2.05, 4.69) is 44.1 Å². The standard InChI is InChI=1S/C14H20BrN3O/c1-10-6-11(15)7-17-14(10)18-4-5-19-9-13(18)8-16-12-2-3-12/h6-7,12-13,16H,2-5,8-9H2,1H3. The summed E-state index contributed by atoms with van der Waals surface area (Å²) in [6.45, 7) is 5.61. The Bertz CT molecular complexity index is 450. The number of aromatic nitrogens is 1. The van der Waals surface area contributed by atoms with Crippen LogP contribution in [0.2, 0.25) is 0 Å². The van der Waals surface area contributed by atoms with Crippen LogP contribution in [0.3, 0.4) is 0 Å². The third-order valence-corrected chi connectivity index (χ3v) is 4.17. The molecule has 1 aromatic heterocycles. The van der Waals surface area contributed by atoms with Crippen LogP contribution in [0, 0.1) is 6.92 Å². The molecule has 104 valence electrons. The Kier molecular flexibility index (Phi) is 4.05. The van der Waals surface area contributed by atoms with E-state index in [1.54, 1.807) is 0 Å². The number of rotatable bonds is 4.